The first kappa shape index (κ1) is 23.6. The van der Waals surface area contributed by atoms with Crippen LogP contribution in [0.15, 0.2) is 71.4 Å². The van der Waals surface area contributed by atoms with Gasteiger partial charge in [-0.2, -0.15) is 0 Å². The molecule has 1 aromatic heterocycles. The molecule has 0 aliphatic rings. The van der Waals surface area contributed by atoms with E-state index in [1.165, 1.54) is 6.07 Å². The Morgan fingerprint density at radius 2 is 1.80 bits per heavy atom. The number of aliphatic carboxylic acids is 1. The summed E-state index contributed by atoms with van der Waals surface area (Å²) in [5.41, 5.74) is 2.48. The van der Waals surface area contributed by atoms with Crippen LogP contribution < -0.4 is 15.4 Å². The number of carbonyl (C=O) groups is 1. The Balaban J connectivity index is 1.22. The molecule has 0 saturated heterocycles. The summed E-state index contributed by atoms with van der Waals surface area (Å²) in [5, 5.41) is 34.2. The maximum absolute atomic E-state index is 11.6. The van der Waals surface area contributed by atoms with E-state index < -0.39 is 16.9 Å². The van der Waals surface area contributed by atoms with Crippen LogP contribution in [0, 0.1) is 10.1 Å². The van der Waals surface area contributed by atoms with E-state index in [4.69, 9.17) is 4.74 Å². The summed E-state index contributed by atoms with van der Waals surface area (Å²) < 4.78 is 10.4. The van der Waals surface area contributed by atoms with Gasteiger partial charge in [0.1, 0.15) is 11.8 Å². The molecule has 180 valence electrons. The molecular weight excluding hydrogens is 454 g/mol. The molecule has 0 fully saturated rings. The number of hydrogen-bond acceptors (Lipinski definition) is 9. The Kier molecular flexibility index (Phi) is 7.48. The van der Waals surface area contributed by atoms with Gasteiger partial charge in [-0.3, -0.25) is 20.2 Å². The molecule has 0 unspecified atom stereocenters. The van der Waals surface area contributed by atoms with Crippen molar-refractivity contribution in [2.24, 2.45) is 0 Å². The quantitative estimate of drug-likeness (QED) is 0.155. The number of aromatic nitrogens is 2. The van der Waals surface area contributed by atoms with Crippen LogP contribution in [0.1, 0.15) is 23.6 Å². The normalized spacial score (nSPS) is 11.8. The second-order valence-electron chi connectivity index (χ2n) is 7.69. The van der Waals surface area contributed by atoms with Gasteiger partial charge in [0.25, 0.3) is 0 Å². The molecule has 0 spiro atoms. The molecular formula is C24H23N5O6. The highest BCUT2D eigenvalue weighted by atomic mass is 16.6. The fraction of sp³-hybridized carbons (Fsp3) is 0.208. The SMILES string of the molecule is O=C(O)[C@@H](NCc1ccc(OCCCNc2ccc([N+](=O)[O-])c3nonc23)cc1)c1ccccc1. The summed E-state index contributed by atoms with van der Waals surface area (Å²) in [4.78, 5) is 22.1. The summed E-state index contributed by atoms with van der Waals surface area (Å²) >= 11 is 0. The molecule has 3 N–H and O–H groups in total. The van der Waals surface area contributed by atoms with Crippen molar-refractivity contribution in [2.45, 2.75) is 19.0 Å². The number of carboxylic acids is 1. The third-order valence-corrected chi connectivity index (χ3v) is 5.31. The number of nitro groups is 1. The van der Waals surface area contributed by atoms with Crippen LogP contribution in [-0.2, 0) is 11.3 Å². The van der Waals surface area contributed by atoms with Gasteiger partial charge >= 0.3 is 11.7 Å². The highest BCUT2D eigenvalue weighted by molar-refractivity contribution is 5.93. The molecule has 0 saturated carbocycles. The van der Waals surface area contributed by atoms with Crippen molar-refractivity contribution in [1.29, 1.82) is 0 Å². The summed E-state index contributed by atoms with van der Waals surface area (Å²) in [6.07, 6.45) is 0.671. The first-order chi connectivity index (χ1) is 17.0. The molecule has 1 heterocycles. The van der Waals surface area contributed by atoms with Crippen molar-refractivity contribution >= 4 is 28.4 Å². The lowest BCUT2D eigenvalue weighted by Gasteiger charge is -2.15. The van der Waals surface area contributed by atoms with Gasteiger partial charge in [-0.15, -0.1) is 0 Å². The third kappa shape index (κ3) is 5.89. The van der Waals surface area contributed by atoms with Gasteiger partial charge in [0.15, 0.2) is 5.52 Å². The Morgan fingerprint density at radius 3 is 2.51 bits per heavy atom. The van der Waals surface area contributed by atoms with Crippen LogP contribution in [-0.4, -0.2) is 39.5 Å². The van der Waals surface area contributed by atoms with E-state index in [1.807, 2.05) is 42.5 Å². The van der Waals surface area contributed by atoms with Crippen LogP contribution in [0.2, 0.25) is 0 Å². The predicted molar refractivity (Wildman–Crippen MR) is 127 cm³/mol. The number of benzene rings is 3. The second kappa shape index (κ2) is 11.1. The Labute approximate surface area is 199 Å². The average molecular weight is 477 g/mol. The lowest BCUT2D eigenvalue weighted by atomic mass is 10.1. The number of nitro benzene ring substituents is 1. The smallest absolute Gasteiger partial charge is 0.325 e. The third-order valence-electron chi connectivity index (χ3n) is 5.31. The summed E-state index contributed by atoms with van der Waals surface area (Å²) in [6, 6.07) is 18.6. The molecule has 4 rings (SSSR count). The number of ether oxygens (including phenoxy) is 1. The van der Waals surface area contributed by atoms with Gasteiger partial charge in [-0.25, -0.2) is 4.63 Å². The minimum atomic E-state index is -0.931. The van der Waals surface area contributed by atoms with E-state index in [9.17, 15) is 20.0 Å². The first-order valence-corrected chi connectivity index (χ1v) is 10.9. The predicted octanol–water partition coefficient (Wildman–Crippen LogP) is 3.93. The number of hydrogen-bond donors (Lipinski definition) is 3. The molecule has 3 aromatic carbocycles. The fourth-order valence-electron chi connectivity index (χ4n) is 3.55. The van der Waals surface area contributed by atoms with E-state index in [1.54, 1.807) is 18.2 Å². The number of carboxylic acid groups (broad SMARTS) is 1. The zero-order valence-electron chi connectivity index (χ0n) is 18.6. The van der Waals surface area contributed by atoms with Crippen molar-refractivity contribution in [3.05, 3.63) is 88.0 Å². The molecule has 0 radical (unpaired) electrons. The van der Waals surface area contributed by atoms with Crippen molar-refractivity contribution in [3.63, 3.8) is 0 Å². The van der Waals surface area contributed by atoms with E-state index in [2.05, 4.69) is 25.6 Å². The Morgan fingerprint density at radius 1 is 1.06 bits per heavy atom. The molecule has 0 aliphatic heterocycles. The molecule has 0 aliphatic carbocycles. The second-order valence-corrected chi connectivity index (χ2v) is 7.69. The van der Waals surface area contributed by atoms with E-state index >= 15 is 0 Å². The van der Waals surface area contributed by atoms with Crippen molar-refractivity contribution < 1.29 is 24.2 Å². The van der Waals surface area contributed by atoms with Crippen LogP contribution >= 0.6 is 0 Å². The highest BCUT2D eigenvalue weighted by Crippen LogP contribution is 2.28. The number of nitrogens with zero attached hydrogens (tertiary/aromatic N) is 3. The van der Waals surface area contributed by atoms with Gasteiger partial charge < -0.3 is 15.2 Å². The Hall–Kier alpha value is -4.51. The molecule has 35 heavy (non-hydrogen) atoms. The summed E-state index contributed by atoms with van der Waals surface area (Å²) in [6.45, 7) is 1.40. The van der Waals surface area contributed by atoms with Gasteiger partial charge in [0.2, 0.25) is 5.52 Å². The molecule has 0 bridgehead atoms. The average Bonchev–Trinajstić information content (AvgIpc) is 3.35. The first-order valence-electron chi connectivity index (χ1n) is 10.9. The molecule has 11 heteroatoms. The van der Waals surface area contributed by atoms with Crippen molar-refractivity contribution in [1.82, 2.24) is 15.6 Å². The number of fused-ring (bicyclic) bond motifs is 1. The van der Waals surface area contributed by atoms with Gasteiger partial charge in [0, 0.05) is 19.2 Å². The Bertz CT molecular complexity index is 1290. The van der Waals surface area contributed by atoms with Gasteiger partial charge in [-0.05, 0) is 46.1 Å². The van der Waals surface area contributed by atoms with Crippen LogP contribution in [0.4, 0.5) is 11.4 Å². The zero-order chi connectivity index (χ0) is 24.6. The molecule has 0 amide bonds. The minimum absolute atomic E-state index is 0.101. The van der Waals surface area contributed by atoms with Crippen LogP contribution in [0.3, 0.4) is 0 Å². The fourth-order valence-corrected chi connectivity index (χ4v) is 3.55. The van der Waals surface area contributed by atoms with E-state index in [0.717, 1.165) is 5.56 Å². The molecule has 4 aromatic rings. The highest BCUT2D eigenvalue weighted by Gasteiger charge is 2.20. The monoisotopic (exact) mass is 477 g/mol. The van der Waals surface area contributed by atoms with Crippen LogP contribution in [0.25, 0.3) is 11.0 Å². The number of nitrogens with one attached hydrogen (secondary N) is 2. The maximum Gasteiger partial charge on any atom is 0.325 e. The largest absolute Gasteiger partial charge is 0.494 e. The lowest BCUT2D eigenvalue weighted by molar-refractivity contribution is -0.383. The topological polar surface area (TPSA) is 153 Å². The van der Waals surface area contributed by atoms with Gasteiger partial charge in [0.05, 0.1) is 17.2 Å². The maximum atomic E-state index is 11.6. The summed E-state index contributed by atoms with van der Waals surface area (Å²) in [5.74, 6) is -0.232. The van der Waals surface area contributed by atoms with E-state index in [-0.39, 0.29) is 11.2 Å². The number of anilines is 1. The van der Waals surface area contributed by atoms with Crippen molar-refractivity contribution in [2.75, 3.05) is 18.5 Å². The van der Waals surface area contributed by atoms with Gasteiger partial charge in [-0.1, -0.05) is 42.5 Å². The minimum Gasteiger partial charge on any atom is -0.494 e. The van der Waals surface area contributed by atoms with Crippen molar-refractivity contribution in [3.8, 4) is 5.75 Å². The van der Waals surface area contributed by atoms with E-state index in [0.29, 0.717) is 48.6 Å². The zero-order valence-corrected chi connectivity index (χ0v) is 18.6. The summed E-state index contributed by atoms with van der Waals surface area (Å²) in [7, 11) is 0. The van der Waals surface area contributed by atoms with Crippen LogP contribution in [0.5, 0.6) is 5.75 Å². The lowest BCUT2D eigenvalue weighted by Crippen LogP contribution is -2.28. The number of non-ortho nitro benzene ring substituents is 1. The number of rotatable bonds is 12. The molecule has 1 atom stereocenters. The standard InChI is InChI=1S/C24H23N5O6/c30-24(31)21(17-5-2-1-3-6-17)26-15-16-7-9-18(10-8-16)34-14-4-13-25-19-11-12-20(29(32)33)23-22(19)27-35-28-23/h1-3,5-12,21,25-26H,4,13-15H2,(H,30,31)/t21-/m0/s1. The molecule has 11 nitrogen and oxygen atoms in total.